The number of imidazole rings is 1. The zero-order valence-electron chi connectivity index (χ0n) is 17.1. The van der Waals surface area contributed by atoms with E-state index in [0.29, 0.717) is 36.0 Å². The Hall–Kier alpha value is -4.08. The number of fused-ring (bicyclic) bond motifs is 2. The molecule has 0 saturated heterocycles. The van der Waals surface area contributed by atoms with Gasteiger partial charge in [-0.1, -0.05) is 6.07 Å². The van der Waals surface area contributed by atoms with E-state index in [-0.39, 0.29) is 24.0 Å². The van der Waals surface area contributed by atoms with Gasteiger partial charge in [0.25, 0.3) is 0 Å². The van der Waals surface area contributed by atoms with Crippen molar-refractivity contribution in [3.05, 3.63) is 60.2 Å². The predicted molar refractivity (Wildman–Crippen MR) is 114 cm³/mol. The third kappa shape index (κ3) is 3.84. The molecule has 0 bridgehead atoms. The molecule has 2 aromatic carbocycles. The standard InChI is InChI=1S/C23H18F3N3O4/c24-6-7-33-20-3-1-2-19-28-22(21-15(25)11-14(30)12-16(21)26)23(29(19)20)27-13-4-5-17-18(10-13)32-9-8-31-17/h1-5,10-12,27,30H,6-9H2. The van der Waals surface area contributed by atoms with Crippen molar-refractivity contribution in [2.75, 3.05) is 31.8 Å². The first kappa shape index (κ1) is 20.8. The lowest BCUT2D eigenvalue weighted by molar-refractivity contribution is 0.171. The summed E-state index contributed by atoms with van der Waals surface area (Å²) in [7, 11) is 0. The van der Waals surface area contributed by atoms with Crippen LogP contribution in [0.2, 0.25) is 0 Å². The largest absolute Gasteiger partial charge is 0.508 e. The molecule has 10 heteroatoms. The summed E-state index contributed by atoms with van der Waals surface area (Å²) >= 11 is 0. The van der Waals surface area contributed by atoms with Gasteiger partial charge < -0.3 is 24.6 Å². The van der Waals surface area contributed by atoms with Crippen molar-refractivity contribution in [1.82, 2.24) is 9.38 Å². The number of phenolic OH excluding ortho intramolecular Hbond substituents is 1. The number of pyridine rings is 1. The number of phenols is 1. The van der Waals surface area contributed by atoms with Crippen molar-refractivity contribution in [3.8, 4) is 34.4 Å². The smallest absolute Gasteiger partial charge is 0.201 e. The normalized spacial score (nSPS) is 12.7. The van der Waals surface area contributed by atoms with E-state index in [2.05, 4.69) is 10.3 Å². The van der Waals surface area contributed by atoms with Gasteiger partial charge in [-0.25, -0.2) is 22.6 Å². The zero-order chi connectivity index (χ0) is 22.9. The number of aromatic nitrogens is 2. The number of nitrogens with one attached hydrogen (secondary N) is 1. The fourth-order valence-corrected chi connectivity index (χ4v) is 3.65. The Morgan fingerprint density at radius 2 is 1.79 bits per heavy atom. The Morgan fingerprint density at radius 3 is 2.55 bits per heavy atom. The highest BCUT2D eigenvalue weighted by Gasteiger charge is 2.24. The van der Waals surface area contributed by atoms with Gasteiger partial charge in [0.2, 0.25) is 5.88 Å². The van der Waals surface area contributed by atoms with Crippen molar-refractivity contribution >= 4 is 17.2 Å². The van der Waals surface area contributed by atoms with E-state index in [9.17, 15) is 18.3 Å². The van der Waals surface area contributed by atoms with Crippen LogP contribution in [-0.4, -0.2) is 41.0 Å². The maximum atomic E-state index is 14.8. The quantitative estimate of drug-likeness (QED) is 0.431. The van der Waals surface area contributed by atoms with E-state index < -0.39 is 29.6 Å². The highest BCUT2D eigenvalue weighted by Crippen LogP contribution is 2.39. The second-order valence-corrected chi connectivity index (χ2v) is 7.17. The molecule has 5 rings (SSSR count). The Kier molecular flexibility index (Phi) is 5.33. The number of aromatic hydroxyl groups is 1. The van der Waals surface area contributed by atoms with Crippen molar-refractivity contribution in [3.63, 3.8) is 0 Å². The molecule has 1 aliphatic rings. The maximum absolute atomic E-state index is 14.8. The number of hydrogen-bond acceptors (Lipinski definition) is 6. The van der Waals surface area contributed by atoms with E-state index in [0.717, 1.165) is 12.1 Å². The minimum Gasteiger partial charge on any atom is -0.508 e. The minimum absolute atomic E-state index is 0.0591. The zero-order valence-corrected chi connectivity index (χ0v) is 17.1. The first-order chi connectivity index (χ1) is 16.0. The van der Waals surface area contributed by atoms with E-state index in [1.165, 1.54) is 4.40 Å². The van der Waals surface area contributed by atoms with Crippen LogP contribution >= 0.6 is 0 Å². The number of ether oxygens (including phenoxy) is 3. The summed E-state index contributed by atoms with van der Waals surface area (Å²) in [6, 6.07) is 11.6. The minimum atomic E-state index is -0.993. The van der Waals surface area contributed by atoms with E-state index in [4.69, 9.17) is 14.2 Å². The molecule has 4 aromatic rings. The van der Waals surface area contributed by atoms with E-state index >= 15 is 0 Å². The van der Waals surface area contributed by atoms with Gasteiger partial charge in [0, 0.05) is 23.9 Å². The summed E-state index contributed by atoms with van der Waals surface area (Å²) in [5.74, 6) is -1.04. The summed E-state index contributed by atoms with van der Waals surface area (Å²) in [6.45, 7) is -0.101. The molecule has 2 aromatic heterocycles. The average Bonchev–Trinajstić information content (AvgIpc) is 3.15. The third-order valence-electron chi connectivity index (χ3n) is 5.00. The second-order valence-electron chi connectivity index (χ2n) is 7.17. The number of hydrogen-bond donors (Lipinski definition) is 2. The molecule has 7 nitrogen and oxygen atoms in total. The van der Waals surface area contributed by atoms with Gasteiger partial charge in [-0.2, -0.15) is 0 Å². The van der Waals surface area contributed by atoms with Gasteiger partial charge in [-0.05, 0) is 24.3 Å². The summed E-state index contributed by atoms with van der Waals surface area (Å²) in [5.41, 5.74) is 0.347. The lowest BCUT2D eigenvalue weighted by Gasteiger charge is -2.19. The molecule has 170 valence electrons. The lowest BCUT2D eigenvalue weighted by Crippen LogP contribution is -2.15. The first-order valence-electron chi connectivity index (χ1n) is 10.1. The number of alkyl halides is 1. The number of benzene rings is 2. The summed E-state index contributed by atoms with van der Waals surface area (Å²) in [4.78, 5) is 4.40. The molecule has 0 saturated carbocycles. The molecular weight excluding hydrogens is 439 g/mol. The van der Waals surface area contributed by atoms with Crippen LogP contribution < -0.4 is 19.5 Å². The molecule has 1 aliphatic heterocycles. The topological polar surface area (TPSA) is 77.3 Å². The second kappa shape index (κ2) is 8.45. The van der Waals surface area contributed by atoms with Crippen molar-refractivity contribution in [2.24, 2.45) is 0 Å². The van der Waals surface area contributed by atoms with Crippen LogP contribution in [0, 0.1) is 11.6 Å². The van der Waals surface area contributed by atoms with Gasteiger partial charge in [0.1, 0.15) is 61.0 Å². The van der Waals surface area contributed by atoms with Crippen LogP contribution in [0.4, 0.5) is 24.7 Å². The fourth-order valence-electron chi connectivity index (χ4n) is 3.65. The predicted octanol–water partition coefficient (Wildman–Crippen LogP) is 4.85. The number of anilines is 2. The molecule has 0 fully saturated rings. The van der Waals surface area contributed by atoms with Crippen LogP contribution in [0.1, 0.15) is 0 Å². The molecule has 0 spiro atoms. The molecule has 0 atom stereocenters. The van der Waals surface area contributed by atoms with Gasteiger partial charge in [-0.3, -0.25) is 0 Å². The molecule has 0 unspecified atom stereocenters. The molecule has 33 heavy (non-hydrogen) atoms. The first-order valence-corrected chi connectivity index (χ1v) is 10.1. The summed E-state index contributed by atoms with van der Waals surface area (Å²) in [5, 5.41) is 12.7. The van der Waals surface area contributed by atoms with Crippen LogP contribution in [0.25, 0.3) is 16.9 Å². The van der Waals surface area contributed by atoms with Gasteiger partial charge in [0.15, 0.2) is 11.5 Å². The van der Waals surface area contributed by atoms with Crippen molar-refractivity contribution in [2.45, 2.75) is 0 Å². The number of nitrogens with zero attached hydrogens (tertiary/aromatic N) is 2. The maximum Gasteiger partial charge on any atom is 0.201 e. The molecule has 0 aliphatic carbocycles. The molecule has 3 heterocycles. The van der Waals surface area contributed by atoms with Crippen LogP contribution in [0.3, 0.4) is 0 Å². The van der Waals surface area contributed by atoms with Gasteiger partial charge in [-0.15, -0.1) is 0 Å². The highest BCUT2D eigenvalue weighted by atomic mass is 19.1. The SMILES string of the molecule is Oc1cc(F)c(-c2nc3cccc(OCCF)n3c2Nc2ccc3c(c2)OCCO3)c(F)c1. The van der Waals surface area contributed by atoms with Crippen molar-refractivity contribution < 1.29 is 32.5 Å². The lowest BCUT2D eigenvalue weighted by atomic mass is 10.1. The Bertz CT molecular complexity index is 1320. The average molecular weight is 457 g/mol. The van der Waals surface area contributed by atoms with Gasteiger partial charge >= 0.3 is 0 Å². The van der Waals surface area contributed by atoms with Gasteiger partial charge in [0.05, 0.1) is 5.56 Å². The monoisotopic (exact) mass is 457 g/mol. The fraction of sp³-hybridized carbons (Fsp3) is 0.174. The molecule has 0 radical (unpaired) electrons. The van der Waals surface area contributed by atoms with Crippen LogP contribution in [0.15, 0.2) is 48.5 Å². The number of halogens is 3. The summed E-state index contributed by atoms with van der Waals surface area (Å²) in [6.07, 6.45) is 0. The van der Waals surface area contributed by atoms with Crippen molar-refractivity contribution in [1.29, 1.82) is 0 Å². The van der Waals surface area contributed by atoms with Crippen LogP contribution in [-0.2, 0) is 0 Å². The van der Waals surface area contributed by atoms with E-state index in [1.807, 2.05) is 0 Å². The highest BCUT2D eigenvalue weighted by molar-refractivity contribution is 5.81. The Morgan fingerprint density at radius 1 is 1.03 bits per heavy atom. The third-order valence-corrected chi connectivity index (χ3v) is 5.00. The Balaban J connectivity index is 1.70. The molecular formula is C23H18F3N3O4. The number of rotatable bonds is 6. The summed E-state index contributed by atoms with van der Waals surface area (Å²) < 4.78 is 60.5. The molecule has 0 amide bonds. The Labute approximate surface area is 186 Å². The van der Waals surface area contributed by atoms with Crippen LogP contribution in [0.5, 0.6) is 23.1 Å². The molecule has 2 N–H and O–H groups in total. The van der Waals surface area contributed by atoms with E-state index in [1.54, 1.807) is 36.4 Å².